The summed E-state index contributed by atoms with van der Waals surface area (Å²) in [6.45, 7) is -0.174. The summed E-state index contributed by atoms with van der Waals surface area (Å²) in [4.78, 5) is 28.8. The molecule has 0 radical (unpaired) electrons. The van der Waals surface area contributed by atoms with Gasteiger partial charge in [0.1, 0.15) is 0 Å². The second-order valence-corrected chi connectivity index (χ2v) is 12.7. The Morgan fingerprint density at radius 1 is 0.537 bits per heavy atom. The molecule has 3 aromatic heterocycles. The molecule has 9 heteroatoms. The Labute approximate surface area is 249 Å². The van der Waals surface area contributed by atoms with E-state index in [1.54, 1.807) is 34.0 Å². The number of aliphatic hydroxyl groups excluding tert-OH is 2. The summed E-state index contributed by atoms with van der Waals surface area (Å²) in [5.41, 5.74) is 5.39. The number of thiophene rings is 3. The zero-order valence-corrected chi connectivity index (χ0v) is 24.5. The standard InChI is InChI=1S/C32H28O6S3/c33-17-21-5-1-3-7-23(21)27-15-19(9-13-29(35)36)31(40-27)25-11-12-26(39-25)32-20(10-14-30(37)38)16-28(41-32)24-8-4-2-6-22(24)18-34/h1-8,11-12,15-16,33-34H,9-10,13-14,17-18H2,(H,35,36)(H,37,38). The largest absolute Gasteiger partial charge is 0.481 e. The van der Waals surface area contributed by atoms with Crippen molar-refractivity contribution in [2.75, 3.05) is 0 Å². The Morgan fingerprint density at radius 2 is 0.951 bits per heavy atom. The van der Waals surface area contributed by atoms with Crippen LogP contribution in [0, 0.1) is 0 Å². The number of carboxylic acids is 2. The maximum absolute atomic E-state index is 11.4. The van der Waals surface area contributed by atoms with Crippen molar-refractivity contribution in [2.24, 2.45) is 0 Å². The van der Waals surface area contributed by atoms with Gasteiger partial charge in [0, 0.05) is 42.1 Å². The van der Waals surface area contributed by atoms with E-state index < -0.39 is 11.9 Å². The van der Waals surface area contributed by atoms with Crippen LogP contribution in [0.15, 0.2) is 72.8 Å². The van der Waals surface area contributed by atoms with Crippen molar-refractivity contribution in [3.05, 3.63) is 95.1 Å². The number of aryl methyl sites for hydroxylation is 2. The minimum Gasteiger partial charge on any atom is -0.481 e. The number of carbonyl (C=O) groups is 2. The predicted molar refractivity (Wildman–Crippen MR) is 166 cm³/mol. The first-order valence-electron chi connectivity index (χ1n) is 13.1. The number of hydrogen-bond donors (Lipinski definition) is 4. The number of aliphatic carboxylic acids is 2. The lowest BCUT2D eigenvalue weighted by Crippen LogP contribution is -1.97. The highest BCUT2D eigenvalue weighted by Gasteiger charge is 2.20. The first-order valence-corrected chi connectivity index (χ1v) is 15.5. The van der Waals surface area contributed by atoms with E-state index in [1.165, 1.54) is 0 Å². The first kappa shape index (κ1) is 28.9. The molecule has 0 aliphatic rings. The number of benzene rings is 2. The third-order valence-corrected chi connectivity index (χ3v) is 10.7. The quantitative estimate of drug-likeness (QED) is 0.117. The Kier molecular flexibility index (Phi) is 9.12. The molecule has 0 unspecified atom stereocenters. The zero-order valence-electron chi connectivity index (χ0n) is 22.0. The van der Waals surface area contributed by atoms with Gasteiger partial charge in [-0.2, -0.15) is 0 Å². The van der Waals surface area contributed by atoms with Crippen molar-refractivity contribution in [2.45, 2.75) is 38.9 Å². The first-order chi connectivity index (χ1) is 19.9. The van der Waals surface area contributed by atoms with E-state index in [2.05, 4.69) is 0 Å². The van der Waals surface area contributed by atoms with E-state index in [1.807, 2.05) is 72.8 Å². The van der Waals surface area contributed by atoms with Gasteiger partial charge in [0.15, 0.2) is 0 Å². The molecule has 0 amide bonds. The summed E-state index contributed by atoms with van der Waals surface area (Å²) < 4.78 is 0. The van der Waals surface area contributed by atoms with Crippen molar-refractivity contribution < 1.29 is 30.0 Å². The van der Waals surface area contributed by atoms with Crippen LogP contribution in [0.4, 0.5) is 0 Å². The molecule has 0 atom stereocenters. The third kappa shape index (κ3) is 6.50. The van der Waals surface area contributed by atoms with Gasteiger partial charge in [-0.1, -0.05) is 48.5 Å². The summed E-state index contributed by atoms with van der Waals surface area (Å²) in [6.07, 6.45) is 0.809. The topological polar surface area (TPSA) is 115 Å². The van der Waals surface area contributed by atoms with Gasteiger partial charge in [0.25, 0.3) is 0 Å². The molecule has 4 N–H and O–H groups in total. The normalized spacial score (nSPS) is 11.2. The Hall–Kier alpha value is -3.60. The predicted octanol–water partition coefficient (Wildman–Crippen LogP) is 7.56. The molecule has 0 aliphatic carbocycles. The van der Waals surface area contributed by atoms with Crippen LogP contribution in [-0.4, -0.2) is 32.4 Å². The minimum absolute atomic E-state index is 0.0148. The average Bonchev–Trinajstić information content (AvgIpc) is 3.73. The molecule has 41 heavy (non-hydrogen) atoms. The fourth-order valence-corrected chi connectivity index (χ4v) is 8.61. The zero-order chi connectivity index (χ0) is 28.9. The smallest absolute Gasteiger partial charge is 0.303 e. The lowest BCUT2D eigenvalue weighted by atomic mass is 10.0. The van der Waals surface area contributed by atoms with Crippen LogP contribution in [0.2, 0.25) is 0 Å². The number of carboxylic acid groups (broad SMARTS) is 2. The molecule has 5 aromatic rings. The third-order valence-electron chi connectivity index (χ3n) is 6.79. The van der Waals surface area contributed by atoms with E-state index >= 15 is 0 Å². The van der Waals surface area contributed by atoms with Gasteiger partial charge >= 0.3 is 11.9 Å². The molecule has 210 valence electrons. The minimum atomic E-state index is -0.858. The highest BCUT2D eigenvalue weighted by molar-refractivity contribution is 7.28. The van der Waals surface area contributed by atoms with Crippen molar-refractivity contribution in [3.8, 4) is 40.4 Å². The van der Waals surface area contributed by atoms with E-state index in [-0.39, 0.29) is 26.1 Å². The van der Waals surface area contributed by atoms with Gasteiger partial charge in [0.2, 0.25) is 0 Å². The molecule has 0 aliphatic heterocycles. The molecule has 0 bridgehead atoms. The monoisotopic (exact) mass is 604 g/mol. The fourth-order valence-electron chi connectivity index (χ4n) is 4.77. The number of aliphatic hydroxyl groups is 2. The molecular weight excluding hydrogens is 577 g/mol. The van der Waals surface area contributed by atoms with E-state index in [0.717, 1.165) is 62.6 Å². The second kappa shape index (κ2) is 12.9. The molecule has 6 nitrogen and oxygen atoms in total. The van der Waals surface area contributed by atoms with Crippen LogP contribution in [0.3, 0.4) is 0 Å². The maximum atomic E-state index is 11.4. The van der Waals surface area contributed by atoms with Gasteiger partial charge in [-0.3, -0.25) is 9.59 Å². The molecule has 3 heterocycles. The second-order valence-electron chi connectivity index (χ2n) is 9.51. The van der Waals surface area contributed by atoms with Crippen LogP contribution in [0.25, 0.3) is 40.4 Å². The van der Waals surface area contributed by atoms with E-state index in [0.29, 0.717) is 12.8 Å². The molecule has 0 saturated carbocycles. The SMILES string of the molecule is O=C(O)CCc1cc(-c2ccccc2CO)sc1-c1ccc(-c2sc(-c3ccccc3CO)cc2CCC(=O)O)s1. The summed E-state index contributed by atoms with van der Waals surface area (Å²) in [5, 5.41) is 38.5. The summed E-state index contributed by atoms with van der Waals surface area (Å²) in [5.74, 6) is -1.72. The summed E-state index contributed by atoms with van der Waals surface area (Å²) in [7, 11) is 0. The fraction of sp³-hybridized carbons (Fsp3) is 0.188. The van der Waals surface area contributed by atoms with Crippen molar-refractivity contribution in [1.82, 2.24) is 0 Å². The molecule has 0 fully saturated rings. The summed E-state index contributed by atoms with van der Waals surface area (Å²) >= 11 is 4.77. The number of hydrogen-bond acceptors (Lipinski definition) is 7. The van der Waals surface area contributed by atoms with Crippen molar-refractivity contribution in [1.29, 1.82) is 0 Å². The van der Waals surface area contributed by atoms with Crippen molar-refractivity contribution >= 4 is 45.9 Å². The maximum Gasteiger partial charge on any atom is 0.303 e. The summed E-state index contributed by atoms with van der Waals surface area (Å²) in [6, 6.07) is 23.5. The van der Waals surface area contributed by atoms with Crippen LogP contribution in [0.1, 0.15) is 35.1 Å². The lowest BCUT2D eigenvalue weighted by Gasteiger charge is -2.04. The van der Waals surface area contributed by atoms with Crippen LogP contribution < -0.4 is 0 Å². The molecule has 2 aromatic carbocycles. The molecule has 0 saturated heterocycles. The number of rotatable bonds is 12. The van der Waals surface area contributed by atoms with Crippen LogP contribution in [0.5, 0.6) is 0 Å². The van der Waals surface area contributed by atoms with Gasteiger partial charge in [-0.25, -0.2) is 0 Å². The molecular formula is C32H28O6S3. The van der Waals surface area contributed by atoms with Gasteiger partial charge < -0.3 is 20.4 Å². The van der Waals surface area contributed by atoms with E-state index in [4.69, 9.17) is 0 Å². The highest BCUT2D eigenvalue weighted by Crippen LogP contribution is 2.47. The lowest BCUT2D eigenvalue weighted by molar-refractivity contribution is -0.138. The van der Waals surface area contributed by atoms with Gasteiger partial charge in [-0.05, 0) is 70.5 Å². The van der Waals surface area contributed by atoms with Crippen LogP contribution >= 0.6 is 34.0 Å². The van der Waals surface area contributed by atoms with Crippen LogP contribution in [-0.2, 0) is 35.6 Å². The molecule has 0 spiro atoms. The Morgan fingerprint density at radius 3 is 1.34 bits per heavy atom. The van der Waals surface area contributed by atoms with Gasteiger partial charge in [0.05, 0.1) is 13.2 Å². The van der Waals surface area contributed by atoms with Crippen molar-refractivity contribution in [3.63, 3.8) is 0 Å². The molecule has 5 rings (SSSR count). The Balaban J connectivity index is 1.57. The average molecular weight is 605 g/mol. The Bertz CT molecular complexity index is 1570. The van der Waals surface area contributed by atoms with Gasteiger partial charge in [-0.15, -0.1) is 34.0 Å². The highest BCUT2D eigenvalue weighted by atomic mass is 32.1. The van der Waals surface area contributed by atoms with E-state index in [9.17, 15) is 30.0 Å².